The molecule has 0 spiro atoms. The Hall–Kier alpha value is -1.31. The standard InChI is InChI=1S/C13H18O2/c1-5-11-7-9(2)6-10(3)12(11)8-13(14)15-4/h6-7H,5,8H2,1-4H3. The molecule has 0 radical (unpaired) electrons. The van der Waals surface area contributed by atoms with E-state index in [9.17, 15) is 4.79 Å². The predicted octanol–water partition coefficient (Wildman–Crippen LogP) is 2.58. The lowest BCUT2D eigenvalue weighted by molar-refractivity contribution is -0.139. The molecule has 0 atom stereocenters. The molecule has 0 unspecified atom stereocenters. The van der Waals surface area contributed by atoms with Gasteiger partial charge in [-0.05, 0) is 37.0 Å². The van der Waals surface area contributed by atoms with Crippen molar-refractivity contribution in [3.63, 3.8) is 0 Å². The first-order chi connectivity index (χ1) is 7.08. The van der Waals surface area contributed by atoms with Gasteiger partial charge in [0.25, 0.3) is 0 Å². The first kappa shape index (κ1) is 11.8. The second kappa shape index (κ2) is 4.96. The minimum absolute atomic E-state index is 0.170. The molecule has 0 saturated carbocycles. The summed E-state index contributed by atoms with van der Waals surface area (Å²) in [7, 11) is 1.43. The van der Waals surface area contributed by atoms with Crippen LogP contribution in [-0.2, 0) is 22.4 Å². The van der Waals surface area contributed by atoms with Gasteiger partial charge in [-0.3, -0.25) is 4.79 Å². The van der Waals surface area contributed by atoms with Gasteiger partial charge >= 0.3 is 5.97 Å². The van der Waals surface area contributed by atoms with E-state index in [1.807, 2.05) is 6.92 Å². The summed E-state index contributed by atoms with van der Waals surface area (Å²) in [6.07, 6.45) is 1.33. The molecule has 0 aliphatic carbocycles. The molecule has 1 aromatic carbocycles. The highest BCUT2D eigenvalue weighted by Crippen LogP contribution is 2.18. The van der Waals surface area contributed by atoms with Crippen molar-refractivity contribution >= 4 is 5.97 Å². The summed E-state index contributed by atoms with van der Waals surface area (Å²) in [6, 6.07) is 4.25. The van der Waals surface area contributed by atoms with Crippen LogP contribution in [0.15, 0.2) is 12.1 Å². The van der Waals surface area contributed by atoms with Gasteiger partial charge < -0.3 is 4.74 Å². The number of hydrogen-bond acceptors (Lipinski definition) is 2. The summed E-state index contributed by atoms with van der Waals surface area (Å²) >= 11 is 0. The largest absolute Gasteiger partial charge is 0.469 e. The normalized spacial score (nSPS) is 10.1. The summed E-state index contributed by atoms with van der Waals surface area (Å²) < 4.78 is 4.70. The molecular formula is C13H18O2. The van der Waals surface area contributed by atoms with Crippen molar-refractivity contribution in [3.05, 3.63) is 34.4 Å². The first-order valence-corrected chi connectivity index (χ1v) is 5.24. The van der Waals surface area contributed by atoms with E-state index in [1.165, 1.54) is 23.8 Å². The Morgan fingerprint density at radius 3 is 2.53 bits per heavy atom. The average molecular weight is 206 g/mol. The van der Waals surface area contributed by atoms with E-state index >= 15 is 0 Å². The molecular weight excluding hydrogens is 188 g/mol. The highest BCUT2D eigenvalue weighted by Gasteiger charge is 2.10. The quantitative estimate of drug-likeness (QED) is 0.710. The van der Waals surface area contributed by atoms with Crippen LogP contribution >= 0.6 is 0 Å². The Morgan fingerprint density at radius 1 is 1.33 bits per heavy atom. The molecule has 0 N–H and O–H groups in total. The number of rotatable bonds is 3. The zero-order valence-electron chi connectivity index (χ0n) is 9.89. The number of benzene rings is 1. The number of aryl methyl sites for hydroxylation is 3. The summed E-state index contributed by atoms with van der Waals surface area (Å²) in [5.74, 6) is -0.170. The zero-order chi connectivity index (χ0) is 11.4. The minimum atomic E-state index is -0.170. The number of ether oxygens (including phenoxy) is 1. The smallest absolute Gasteiger partial charge is 0.309 e. The Balaban J connectivity index is 3.09. The third-order valence-electron chi connectivity index (χ3n) is 2.64. The lowest BCUT2D eigenvalue weighted by atomic mass is 9.95. The second-order valence-corrected chi connectivity index (χ2v) is 3.83. The van der Waals surface area contributed by atoms with Gasteiger partial charge in [0.15, 0.2) is 0 Å². The van der Waals surface area contributed by atoms with Crippen LogP contribution in [0.3, 0.4) is 0 Å². The van der Waals surface area contributed by atoms with Gasteiger partial charge in [-0.25, -0.2) is 0 Å². The summed E-state index contributed by atoms with van der Waals surface area (Å²) in [5, 5.41) is 0. The van der Waals surface area contributed by atoms with E-state index < -0.39 is 0 Å². The zero-order valence-corrected chi connectivity index (χ0v) is 9.89. The van der Waals surface area contributed by atoms with E-state index in [0.29, 0.717) is 6.42 Å². The Labute approximate surface area is 91.3 Å². The van der Waals surface area contributed by atoms with Gasteiger partial charge in [-0.15, -0.1) is 0 Å². The molecule has 0 aliphatic rings. The summed E-state index contributed by atoms with van der Waals surface area (Å²) in [4.78, 5) is 11.3. The van der Waals surface area contributed by atoms with E-state index in [4.69, 9.17) is 4.74 Å². The van der Waals surface area contributed by atoms with Crippen molar-refractivity contribution in [1.29, 1.82) is 0 Å². The Morgan fingerprint density at radius 2 is 2.00 bits per heavy atom. The maximum atomic E-state index is 11.3. The fraction of sp³-hybridized carbons (Fsp3) is 0.462. The summed E-state index contributed by atoms with van der Waals surface area (Å²) in [6.45, 7) is 6.23. The van der Waals surface area contributed by atoms with Crippen molar-refractivity contribution < 1.29 is 9.53 Å². The lowest BCUT2D eigenvalue weighted by Gasteiger charge is -2.11. The highest BCUT2D eigenvalue weighted by molar-refractivity contribution is 5.73. The van der Waals surface area contributed by atoms with Crippen molar-refractivity contribution in [2.45, 2.75) is 33.6 Å². The van der Waals surface area contributed by atoms with Crippen molar-refractivity contribution in [2.75, 3.05) is 7.11 Å². The molecule has 0 amide bonds. The van der Waals surface area contributed by atoms with Crippen LogP contribution in [0.5, 0.6) is 0 Å². The molecule has 82 valence electrons. The van der Waals surface area contributed by atoms with Crippen LogP contribution in [0.2, 0.25) is 0 Å². The fourth-order valence-electron chi connectivity index (χ4n) is 1.87. The average Bonchev–Trinajstić information content (AvgIpc) is 2.21. The molecule has 2 heteroatoms. The van der Waals surface area contributed by atoms with Crippen LogP contribution in [0.25, 0.3) is 0 Å². The Kier molecular flexibility index (Phi) is 3.89. The van der Waals surface area contributed by atoms with Crippen molar-refractivity contribution in [3.8, 4) is 0 Å². The third kappa shape index (κ3) is 2.82. The SMILES string of the molecule is CCc1cc(C)cc(C)c1CC(=O)OC. The molecule has 2 nitrogen and oxygen atoms in total. The minimum Gasteiger partial charge on any atom is -0.469 e. The topological polar surface area (TPSA) is 26.3 Å². The summed E-state index contributed by atoms with van der Waals surface area (Å²) in [5.41, 5.74) is 4.79. The number of hydrogen-bond donors (Lipinski definition) is 0. The van der Waals surface area contributed by atoms with Gasteiger partial charge in [0.2, 0.25) is 0 Å². The molecule has 0 heterocycles. The van der Waals surface area contributed by atoms with Gasteiger partial charge in [0.1, 0.15) is 0 Å². The van der Waals surface area contributed by atoms with Crippen LogP contribution in [0.1, 0.15) is 29.2 Å². The molecule has 15 heavy (non-hydrogen) atoms. The maximum Gasteiger partial charge on any atom is 0.309 e. The van der Waals surface area contributed by atoms with Gasteiger partial charge in [0.05, 0.1) is 13.5 Å². The molecule has 1 rings (SSSR count). The van der Waals surface area contributed by atoms with E-state index in [1.54, 1.807) is 0 Å². The maximum absolute atomic E-state index is 11.3. The Bertz CT molecular complexity index is 367. The van der Waals surface area contributed by atoms with Gasteiger partial charge in [-0.1, -0.05) is 24.6 Å². The van der Waals surface area contributed by atoms with Gasteiger partial charge in [-0.2, -0.15) is 0 Å². The number of carbonyl (C=O) groups is 1. The number of methoxy groups -OCH3 is 1. The number of esters is 1. The van der Waals surface area contributed by atoms with Gasteiger partial charge in [0, 0.05) is 0 Å². The number of carbonyl (C=O) groups excluding carboxylic acids is 1. The van der Waals surface area contributed by atoms with Crippen LogP contribution in [0.4, 0.5) is 0 Å². The molecule has 0 bridgehead atoms. The molecule has 0 aromatic heterocycles. The lowest BCUT2D eigenvalue weighted by Crippen LogP contribution is -2.08. The monoisotopic (exact) mass is 206 g/mol. The fourth-order valence-corrected chi connectivity index (χ4v) is 1.87. The van der Waals surface area contributed by atoms with Crippen molar-refractivity contribution in [2.24, 2.45) is 0 Å². The predicted molar refractivity (Wildman–Crippen MR) is 61.0 cm³/mol. The van der Waals surface area contributed by atoms with Crippen LogP contribution in [-0.4, -0.2) is 13.1 Å². The highest BCUT2D eigenvalue weighted by atomic mass is 16.5. The van der Waals surface area contributed by atoms with E-state index in [2.05, 4.69) is 26.0 Å². The second-order valence-electron chi connectivity index (χ2n) is 3.83. The van der Waals surface area contributed by atoms with Crippen molar-refractivity contribution in [1.82, 2.24) is 0 Å². The molecule has 0 saturated heterocycles. The van der Waals surface area contributed by atoms with Crippen LogP contribution in [0, 0.1) is 13.8 Å². The first-order valence-electron chi connectivity index (χ1n) is 5.24. The molecule has 0 aliphatic heterocycles. The van der Waals surface area contributed by atoms with Crippen LogP contribution < -0.4 is 0 Å². The van der Waals surface area contributed by atoms with E-state index in [0.717, 1.165) is 12.0 Å². The molecule has 1 aromatic rings. The third-order valence-corrected chi connectivity index (χ3v) is 2.64. The molecule has 0 fully saturated rings. The van der Waals surface area contributed by atoms with E-state index in [-0.39, 0.29) is 5.97 Å².